The van der Waals surface area contributed by atoms with Crippen LogP contribution in [0, 0.1) is 0 Å². The van der Waals surface area contributed by atoms with Gasteiger partial charge in [-0.15, -0.1) is 0 Å². The second-order valence-electron chi connectivity index (χ2n) is 3.28. The standard InChI is InChI=1S/C11H14O/c1-2-9-7-8-12-11-6-4-3-5-10(9)11/h3-6,9H,2,7-8H2,1H3. The van der Waals surface area contributed by atoms with Gasteiger partial charge in [0.15, 0.2) is 0 Å². The monoisotopic (exact) mass is 162 g/mol. The molecule has 12 heavy (non-hydrogen) atoms. The summed E-state index contributed by atoms with van der Waals surface area (Å²) >= 11 is 0. The van der Waals surface area contributed by atoms with E-state index in [1.54, 1.807) is 0 Å². The Bertz CT molecular complexity index is 267. The van der Waals surface area contributed by atoms with Gasteiger partial charge in [0.1, 0.15) is 5.75 Å². The van der Waals surface area contributed by atoms with Crippen molar-refractivity contribution in [2.24, 2.45) is 0 Å². The normalized spacial score (nSPS) is 21.2. The molecule has 0 aromatic heterocycles. The van der Waals surface area contributed by atoms with E-state index in [0.717, 1.165) is 18.3 Å². The van der Waals surface area contributed by atoms with E-state index < -0.39 is 0 Å². The Kier molecular flexibility index (Phi) is 2.03. The highest BCUT2D eigenvalue weighted by atomic mass is 16.5. The van der Waals surface area contributed by atoms with Gasteiger partial charge in [-0.3, -0.25) is 0 Å². The molecule has 1 atom stereocenters. The predicted molar refractivity (Wildman–Crippen MR) is 49.6 cm³/mol. The van der Waals surface area contributed by atoms with Crippen molar-refractivity contribution >= 4 is 0 Å². The van der Waals surface area contributed by atoms with Crippen LogP contribution < -0.4 is 4.74 Å². The highest BCUT2D eigenvalue weighted by Gasteiger charge is 2.18. The third-order valence-corrected chi connectivity index (χ3v) is 2.58. The van der Waals surface area contributed by atoms with Crippen molar-refractivity contribution in [3.63, 3.8) is 0 Å². The van der Waals surface area contributed by atoms with Crippen LogP contribution in [0.5, 0.6) is 5.75 Å². The molecule has 2 rings (SSSR count). The van der Waals surface area contributed by atoms with Crippen molar-refractivity contribution in [3.8, 4) is 5.75 Å². The molecule has 1 aromatic carbocycles. The fourth-order valence-electron chi connectivity index (χ4n) is 1.84. The SMILES string of the molecule is CCC1CCOc2ccccc21. The van der Waals surface area contributed by atoms with E-state index in [2.05, 4.69) is 25.1 Å². The molecular weight excluding hydrogens is 148 g/mol. The zero-order valence-electron chi connectivity index (χ0n) is 7.42. The highest BCUT2D eigenvalue weighted by Crippen LogP contribution is 2.34. The number of benzene rings is 1. The average Bonchev–Trinajstić information content (AvgIpc) is 2.17. The Hall–Kier alpha value is -0.980. The molecule has 1 heteroatoms. The van der Waals surface area contributed by atoms with Crippen LogP contribution in [0.3, 0.4) is 0 Å². The summed E-state index contributed by atoms with van der Waals surface area (Å²) in [5.74, 6) is 1.81. The summed E-state index contributed by atoms with van der Waals surface area (Å²) in [4.78, 5) is 0. The lowest BCUT2D eigenvalue weighted by molar-refractivity contribution is 0.265. The van der Waals surface area contributed by atoms with Gasteiger partial charge in [0.25, 0.3) is 0 Å². The lowest BCUT2D eigenvalue weighted by Crippen LogP contribution is -2.13. The predicted octanol–water partition coefficient (Wildman–Crippen LogP) is 2.96. The van der Waals surface area contributed by atoms with E-state index in [-0.39, 0.29) is 0 Å². The van der Waals surface area contributed by atoms with Crippen molar-refractivity contribution in [2.45, 2.75) is 25.7 Å². The molecule has 1 heterocycles. The van der Waals surface area contributed by atoms with Crippen LogP contribution in [-0.4, -0.2) is 6.61 Å². The molecule has 1 unspecified atom stereocenters. The van der Waals surface area contributed by atoms with Gasteiger partial charge in [-0.25, -0.2) is 0 Å². The van der Waals surface area contributed by atoms with E-state index in [9.17, 15) is 0 Å². The molecule has 0 saturated carbocycles. The number of hydrogen-bond donors (Lipinski definition) is 0. The lowest BCUT2D eigenvalue weighted by Gasteiger charge is -2.24. The molecule has 64 valence electrons. The average molecular weight is 162 g/mol. The van der Waals surface area contributed by atoms with Gasteiger partial charge in [0.2, 0.25) is 0 Å². The molecule has 0 aliphatic carbocycles. The molecule has 1 aliphatic rings. The summed E-state index contributed by atoms with van der Waals surface area (Å²) < 4.78 is 5.56. The van der Waals surface area contributed by atoms with E-state index in [0.29, 0.717) is 0 Å². The first-order valence-electron chi connectivity index (χ1n) is 4.63. The molecule has 0 bridgehead atoms. The first-order valence-corrected chi connectivity index (χ1v) is 4.63. The van der Waals surface area contributed by atoms with Crippen LogP contribution in [0.4, 0.5) is 0 Å². The quantitative estimate of drug-likeness (QED) is 0.617. The van der Waals surface area contributed by atoms with Crippen molar-refractivity contribution in [2.75, 3.05) is 6.61 Å². The molecule has 0 amide bonds. The fourth-order valence-corrected chi connectivity index (χ4v) is 1.84. The molecule has 1 nitrogen and oxygen atoms in total. The zero-order valence-corrected chi connectivity index (χ0v) is 7.42. The van der Waals surface area contributed by atoms with Gasteiger partial charge >= 0.3 is 0 Å². The van der Waals surface area contributed by atoms with E-state index in [1.807, 2.05) is 6.07 Å². The van der Waals surface area contributed by atoms with E-state index in [4.69, 9.17) is 4.74 Å². The molecule has 0 saturated heterocycles. The molecule has 0 radical (unpaired) electrons. The van der Waals surface area contributed by atoms with E-state index in [1.165, 1.54) is 18.4 Å². The number of hydrogen-bond acceptors (Lipinski definition) is 1. The van der Waals surface area contributed by atoms with Crippen molar-refractivity contribution in [1.82, 2.24) is 0 Å². The van der Waals surface area contributed by atoms with Crippen LogP contribution in [0.25, 0.3) is 0 Å². The number of para-hydroxylation sites is 1. The van der Waals surface area contributed by atoms with Gasteiger partial charge in [0, 0.05) is 0 Å². The topological polar surface area (TPSA) is 9.23 Å². The summed E-state index contributed by atoms with van der Waals surface area (Å²) in [5, 5.41) is 0. The largest absolute Gasteiger partial charge is 0.493 e. The van der Waals surface area contributed by atoms with Gasteiger partial charge in [-0.05, 0) is 30.4 Å². The first-order chi connectivity index (χ1) is 5.92. The lowest BCUT2D eigenvalue weighted by atomic mass is 9.91. The number of fused-ring (bicyclic) bond motifs is 1. The van der Waals surface area contributed by atoms with Gasteiger partial charge < -0.3 is 4.74 Å². The maximum atomic E-state index is 5.56. The van der Waals surface area contributed by atoms with Crippen molar-refractivity contribution in [1.29, 1.82) is 0 Å². The molecule has 0 spiro atoms. The van der Waals surface area contributed by atoms with Crippen molar-refractivity contribution < 1.29 is 4.74 Å². The molecule has 1 aromatic rings. The Morgan fingerprint density at radius 3 is 3.08 bits per heavy atom. The summed E-state index contributed by atoms with van der Waals surface area (Å²) in [6.45, 7) is 3.13. The second kappa shape index (κ2) is 3.18. The van der Waals surface area contributed by atoms with Crippen LogP contribution >= 0.6 is 0 Å². The van der Waals surface area contributed by atoms with Gasteiger partial charge in [-0.1, -0.05) is 25.1 Å². The Balaban J connectivity index is 2.37. The summed E-state index contributed by atoms with van der Waals surface area (Å²) in [5.41, 5.74) is 1.39. The van der Waals surface area contributed by atoms with Crippen LogP contribution in [0.15, 0.2) is 24.3 Å². The minimum Gasteiger partial charge on any atom is -0.493 e. The molecule has 1 aliphatic heterocycles. The number of ether oxygens (including phenoxy) is 1. The van der Waals surface area contributed by atoms with Crippen molar-refractivity contribution in [3.05, 3.63) is 29.8 Å². The molecular formula is C11H14O. The van der Waals surface area contributed by atoms with Crippen LogP contribution in [0.1, 0.15) is 31.2 Å². The Morgan fingerprint density at radius 1 is 1.42 bits per heavy atom. The van der Waals surface area contributed by atoms with Crippen LogP contribution in [0.2, 0.25) is 0 Å². The summed E-state index contributed by atoms with van der Waals surface area (Å²) in [7, 11) is 0. The molecule has 0 N–H and O–H groups in total. The third-order valence-electron chi connectivity index (χ3n) is 2.58. The van der Waals surface area contributed by atoms with Gasteiger partial charge in [-0.2, -0.15) is 0 Å². The molecule has 0 fully saturated rings. The maximum absolute atomic E-state index is 5.56. The second-order valence-corrected chi connectivity index (χ2v) is 3.28. The summed E-state index contributed by atoms with van der Waals surface area (Å²) in [6.07, 6.45) is 2.40. The smallest absolute Gasteiger partial charge is 0.122 e. The third kappa shape index (κ3) is 1.20. The highest BCUT2D eigenvalue weighted by molar-refractivity contribution is 5.37. The minimum absolute atomic E-state index is 0.718. The first kappa shape index (κ1) is 7.66. The maximum Gasteiger partial charge on any atom is 0.122 e. The summed E-state index contributed by atoms with van der Waals surface area (Å²) in [6, 6.07) is 8.38. The van der Waals surface area contributed by atoms with E-state index >= 15 is 0 Å². The van der Waals surface area contributed by atoms with Crippen LogP contribution in [-0.2, 0) is 0 Å². The van der Waals surface area contributed by atoms with Gasteiger partial charge in [0.05, 0.1) is 6.61 Å². The Morgan fingerprint density at radius 2 is 2.25 bits per heavy atom. The fraction of sp³-hybridized carbons (Fsp3) is 0.455. The Labute approximate surface area is 73.4 Å². The number of rotatable bonds is 1. The minimum atomic E-state index is 0.718. The zero-order chi connectivity index (χ0) is 8.39.